The highest BCUT2D eigenvalue weighted by Gasteiger charge is 2.26. The van der Waals surface area contributed by atoms with Crippen LogP contribution in [0.15, 0.2) is 17.6 Å². The van der Waals surface area contributed by atoms with Crippen LogP contribution in [0, 0.1) is 5.82 Å². The number of halogens is 1. The van der Waals surface area contributed by atoms with E-state index in [1.165, 1.54) is 23.6 Å². The third kappa shape index (κ3) is 3.02. The van der Waals surface area contributed by atoms with Crippen LogP contribution in [0.4, 0.5) is 15.3 Å². The molecule has 0 unspecified atom stereocenters. The van der Waals surface area contributed by atoms with Crippen LogP contribution in [0.25, 0.3) is 0 Å². The first-order chi connectivity index (χ1) is 10.2. The fraction of sp³-hybridized carbons (Fsp3) is 0.357. The predicted molar refractivity (Wildman–Crippen MR) is 80.4 cm³/mol. The van der Waals surface area contributed by atoms with Crippen molar-refractivity contribution in [3.05, 3.63) is 34.7 Å². The Balaban J connectivity index is 1.76. The molecule has 0 aromatic carbocycles. The molecule has 0 radical (unpaired) electrons. The molecule has 0 saturated heterocycles. The predicted octanol–water partition coefficient (Wildman–Crippen LogP) is 3.24. The lowest BCUT2D eigenvalue weighted by Crippen LogP contribution is -2.15. The van der Waals surface area contributed by atoms with E-state index in [1.807, 2.05) is 12.3 Å². The van der Waals surface area contributed by atoms with Gasteiger partial charge in [-0.15, -0.1) is 11.3 Å². The summed E-state index contributed by atoms with van der Waals surface area (Å²) >= 11 is 1.36. The van der Waals surface area contributed by atoms with Crippen LogP contribution in [0.3, 0.4) is 0 Å². The normalized spacial score (nSPS) is 14.0. The second kappa shape index (κ2) is 5.77. The minimum atomic E-state index is -0.643. The molecule has 0 atom stereocenters. The Morgan fingerprint density at radius 3 is 3.05 bits per heavy atom. The number of pyridine rings is 1. The van der Waals surface area contributed by atoms with E-state index in [2.05, 4.69) is 20.6 Å². The van der Waals surface area contributed by atoms with Gasteiger partial charge < -0.3 is 5.32 Å². The highest BCUT2D eigenvalue weighted by atomic mass is 32.1. The first kappa shape index (κ1) is 13.9. The van der Waals surface area contributed by atoms with Gasteiger partial charge in [0.25, 0.3) is 5.91 Å². The smallest absolute Gasteiger partial charge is 0.260 e. The summed E-state index contributed by atoms with van der Waals surface area (Å²) in [7, 11) is 0. The summed E-state index contributed by atoms with van der Waals surface area (Å²) in [6.07, 6.45) is 3.72. The van der Waals surface area contributed by atoms with Crippen molar-refractivity contribution in [2.75, 3.05) is 17.2 Å². The van der Waals surface area contributed by atoms with E-state index in [9.17, 15) is 9.18 Å². The Kier molecular flexibility index (Phi) is 3.83. The van der Waals surface area contributed by atoms with Gasteiger partial charge in [-0.1, -0.05) is 0 Å². The molecule has 1 aliphatic carbocycles. The Labute approximate surface area is 125 Å². The monoisotopic (exact) mass is 306 g/mol. The van der Waals surface area contributed by atoms with E-state index in [4.69, 9.17) is 0 Å². The third-order valence-corrected chi connectivity index (χ3v) is 3.99. The summed E-state index contributed by atoms with van der Waals surface area (Å²) in [5.74, 6) is -0.533. The van der Waals surface area contributed by atoms with Crippen molar-refractivity contribution in [1.29, 1.82) is 0 Å². The number of carbonyl (C=O) groups excluding carboxylic acids is 1. The van der Waals surface area contributed by atoms with Gasteiger partial charge in [0.1, 0.15) is 0 Å². The second-order valence-corrected chi connectivity index (χ2v) is 5.72. The molecule has 1 fully saturated rings. The standard InChI is InChI=1S/C14H15FN4OS/c1-2-16-12-11(15)9(5-6-17-12)13(20)19-14-18-10(7-21-14)8-3-4-8/h5-8H,2-4H2,1H3,(H,16,17)(H,18,19,20). The average molecular weight is 306 g/mol. The first-order valence-corrected chi connectivity index (χ1v) is 7.72. The van der Waals surface area contributed by atoms with Crippen LogP contribution >= 0.6 is 11.3 Å². The summed E-state index contributed by atoms with van der Waals surface area (Å²) in [6.45, 7) is 2.37. The van der Waals surface area contributed by atoms with Crippen molar-refractivity contribution >= 4 is 28.2 Å². The third-order valence-electron chi connectivity index (χ3n) is 3.22. The SMILES string of the molecule is CCNc1nccc(C(=O)Nc2nc(C3CC3)cs2)c1F. The maximum atomic E-state index is 14.2. The molecule has 0 bridgehead atoms. The van der Waals surface area contributed by atoms with E-state index >= 15 is 0 Å². The summed E-state index contributed by atoms with van der Waals surface area (Å²) in [5.41, 5.74) is 0.975. The number of hydrogen-bond donors (Lipinski definition) is 2. The zero-order valence-electron chi connectivity index (χ0n) is 11.5. The van der Waals surface area contributed by atoms with Crippen LogP contribution < -0.4 is 10.6 Å². The van der Waals surface area contributed by atoms with Gasteiger partial charge in [0.05, 0.1) is 11.3 Å². The van der Waals surface area contributed by atoms with Gasteiger partial charge in [-0.2, -0.15) is 0 Å². The molecule has 2 N–H and O–H groups in total. The Morgan fingerprint density at radius 2 is 2.33 bits per heavy atom. The molecule has 3 rings (SSSR count). The van der Waals surface area contributed by atoms with Crippen molar-refractivity contribution in [2.24, 2.45) is 0 Å². The van der Waals surface area contributed by atoms with Crippen LogP contribution in [0.1, 0.15) is 41.7 Å². The highest BCUT2D eigenvalue weighted by molar-refractivity contribution is 7.14. The number of carbonyl (C=O) groups is 1. The maximum Gasteiger partial charge on any atom is 0.260 e. The Hall–Kier alpha value is -2.02. The van der Waals surface area contributed by atoms with Gasteiger partial charge in [-0.3, -0.25) is 10.1 Å². The van der Waals surface area contributed by atoms with Crippen LogP contribution in [-0.4, -0.2) is 22.4 Å². The number of nitrogens with one attached hydrogen (secondary N) is 2. The van der Waals surface area contributed by atoms with Crippen molar-refractivity contribution in [3.63, 3.8) is 0 Å². The number of rotatable bonds is 5. The molecule has 1 aliphatic rings. The molecule has 2 heterocycles. The molecule has 110 valence electrons. The zero-order chi connectivity index (χ0) is 14.8. The van der Waals surface area contributed by atoms with E-state index in [0.717, 1.165) is 18.5 Å². The van der Waals surface area contributed by atoms with E-state index in [0.29, 0.717) is 17.6 Å². The fourth-order valence-corrected chi connectivity index (χ4v) is 2.77. The minimum Gasteiger partial charge on any atom is -0.368 e. The van der Waals surface area contributed by atoms with Gasteiger partial charge in [-0.25, -0.2) is 14.4 Å². The highest BCUT2D eigenvalue weighted by Crippen LogP contribution is 2.40. The molecule has 5 nitrogen and oxygen atoms in total. The van der Waals surface area contributed by atoms with Crippen LogP contribution in [0.2, 0.25) is 0 Å². The number of amides is 1. The topological polar surface area (TPSA) is 66.9 Å². The summed E-state index contributed by atoms with van der Waals surface area (Å²) < 4.78 is 14.2. The molecule has 2 aromatic rings. The molecule has 1 amide bonds. The quantitative estimate of drug-likeness (QED) is 0.890. The lowest BCUT2D eigenvalue weighted by molar-refractivity contribution is 0.102. The molecule has 1 saturated carbocycles. The van der Waals surface area contributed by atoms with Gasteiger partial charge in [-0.05, 0) is 25.8 Å². The summed E-state index contributed by atoms with van der Waals surface area (Å²) in [6, 6.07) is 1.36. The number of anilines is 2. The van der Waals surface area contributed by atoms with E-state index in [-0.39, 0.29) is 11.4 Å². The van der Waals surface area contributed by atoms with Crippen molar-refractivity contribution in [2.45, 2.75) is 25.7 Å². The maximum absolute atomic E-state index is 14.2. The van der Waals surface area contributed by atoms with Gasteiger partial charge in [0, 0.05) is 24.0 Å². The van der Waals surface area contributed by atoms with E-state index < -0.39 is 11.7 Å². The second-order valence-electron chi connectivity index (χ2n) is 4.86. The number of aromatic nitrogens is 2. The van der Waals surface area contributed by atoms with Crippen molar-refractivity contribution in [1.82, 2.24) is 9.97 Å². The summed E-state index contributed by atoms with van der Waals surface area (Å²) in [5, 5.41) is 7.88. The number of thiazole rings is 1. The number of nitrogens with zero attached hydrogens (tertiary/aromatic N) is 2. The van der Waals surface area contributed by atoms with Gasteiger partial charge in [0.15, 0.2) is 16.8 Å². The first-order valence-electron chi connectivity index (χ1n) is 6.84. The molecular formula is C14H15FN4OS. The van der Waals surface area contributed by atoms with Crippen LogP contribution in [0.5, 0.6) is 0 Å². The molecular weight excluding hydrogens is 291 g/mol. The molecule has 2 aromatic heterocycles. The largest absolute Gasteiger partial charge is 0.368 e. The lowest BCUT2D eigenvalue weighted by atomic mass is 10.2. The average Bonchev–Trinajstić information content (AvgIpc) is 3.22. The Bertz CT molecular complexity index is 669. The molecule has 0 aliphatic heterocycles. The molecule has 0 spiro atoms. The van der Waals surface area contributed by atoms with Crippen LogP contribution in [-0.2, 0) is 0 Å². The molecule has 7 heteroatoms. The van der Waals surface area contributed by atoms with Gasteiger partial charge in [0.2, 0.25) is 0 Å². The molecule has 21 heavy (non-hydrogen) atoms. The lowest BCUT2D eigenvalue weighted by Gasteiger charge is -2.07. The Morgan fingerprint density at radius 1 is 1.52 bits per heavy atom. The van der Waals surface area contributed by atoms with Crippen molar-refractivity contribution < 1.29 is 9.18 Å². The van der Waals surface area contributed by atoms with Crippen molar-refractivity contribution in [3.8, 4) is 0 Å². The fourth-order valence-electron chi connectivity index (χ4n) is 1.98. The number of hydrogen-bond acceptors (Lipinski definition) is 5. The zero-order valence-corrected chi connectivity index (χ0v) is 12.3. The minimum absolute atomic E-state index is 0.0379. The summed E-state index contributed by atoms with van der Waals surface area (Å²) in [4.78, 5) is 20.4. The van der Waals surface area contributed by atoms with E-state index in [1.54, 1.807) is 0 Å². The van der Waals surface area contributed by atoms with Gasteiger partial charge >= 0.3 is 0 Å².